The van der Waals surface area contributed by atoms with Crippen molar-refractivity contribution in [2.24, 2.45) is 0 Å². The molecule has 1 aromatic heterocycles. The van der Waals surface area contributed by atoms with Crippen molar-refractivity contribution in [1.82, 2.24) is 10.2 Å². The van der Waals surface area contributed by atoms with Crippen LogP contribution in [-0.4, -0.2) is 21.2 Å². The Morgan fingerprint density at radius 3 is 2.74 bits per heavy atom. The number of aromatic nitrogens is 2. The van der Waals surface area contributed by atoms with Gasteiger partial charge in [0.05, 0.1) is 5.52 Å². The van der Waals surface area contributed by atoms with Gasteiger partial charge in [0.1, 0.15) is 0 Å². The third-order valence-electron chi connectivity index (χ3n) is 3.36. The number of nitrogens with one attached hydrogen (secondary N) is 2. The highest BCUT2D eigenvalue weighted by atomic mass is 79.9. The summed E-state index contributed by atoms with van der Waals surface area (Å²) in [6.07, 6.45) is -1.30. The lowest BCUT2D eigenvalue weighted by molar-refractivity contribution is -0.124. The molecule has 0 bridgehead atoms. The van der Waals surface area contributed by atoms with Crippen molar-refractivity contribution >= 4 is 55.8 Å². The number of nitrogen functional groups attached to an aromatic ring is 1. The second kappa shape index (κ2) is 6.19. The number of amides is 1. The molecular formula is C15H12BrClN4O2. The predicted octanol–water partition coefficient (Wildman–Crippen LogP) is 3.23. The molecule has 0 saturated carbocycles. The van der Waals surface area contributed by atoms with E-state index in [0.717, 1.165) is 5.52 Å². The van der Waals surface area contributed by atoms with E-state index in [1.807, 2.05) is 0 Å². The minimum Gasteiger partial charge on any atom is -0.382 e. The molecule has 1 atom stereocenters. The Labute approximate surface area is 144 Å². The van der Waals surface area contributed by atoms with Crippen LogP contribution >= 0.6 is 27.5 Å². The molecule has 3 rings (SSSR count). The highest BCUT2D eigenvalue weighted by molar-refractivity contribution is 9.10. The highest BCUT2D eigenvalue weighted by Crippen LogP contribution is 2.30. The van der Waals surface area contributed by atoms with Gasteiger partial charge in [0, 0.05) is 20.6 Å². The first kappa shape index (κ1) is 15.8. The fraction of sp³-hybridized carbons (Fsp3) is 0.0667. The molecule has 3 aromatic rings. The van der Waals surface area contributed by atoms with Crippen molar-refractivity contribution < 1.29 is 9.90 Å². The van der Waals surface area contributed by atoms with E-state index >= 15 is 0 Å². The molecule has 6 nitrogen and oxygen atoms in total. The summed E-state index contributed by atoms with van der Waals surface area (Å²) in [6, 6.07) is 9.81. The lowest BCUT2D eigenvalue weighted by Gasteiger charge is -2.12. The third-order valence-corrected chi connectivity index (χ3v) is 4.23. The van der Waals surface area contributed by atoms with Gasteiger partial charge in [-0.2, -0.15) is 5.10 Å². The van der Waals surface area contributed by atoms with Crippen LogP contribution in [0.15, 0.2) is 40.9 Å². The summed E-state index contributed by atoms with van der Waals surface area (Å²) in [5.41, 5.74) is 7.46. The van der Waals surface area contributed by atoms with E-state index in [-0.39, 0.29) is 0 Å². The number of hydrogen-bond donors (Lipinski definition) is 4. The van der Waals surface area contributed by atoms with E-state index in [2.05, 4.69) is 31.4 Å². The zero-order chi connectivity index (χ0) is 16.6. The molecule has 2 aromatic carbocycles. The first-order chi connectivity index (χ1) is 11.0. The first-order valence-corrected chi connectivity index (χ1v) is 7.80. The topological polar surface area (TPSA) is 104 Å². The van der Waals surface area contributed by atoms with Gasteiger partial charge < -0.3 is 16.2 Å². The Balaban J connectivity index is 1.84. The predicted molar refractivity (Wildman–Crippen MR) is 93.2 cm³/mol. The number of carbonyl (C=O) groups is 1. The summed E-state index contributed by atoms with van der Waals surface area (Å²) >= 11 is 9.18. The molecule has 5 N–H and O–H groups in total. The maximum absolute atomic E-state index is 12.2. The summed E-state index contributed by atoms with van der Waals surface area (Å²) in [5, 5.41) is 20.7. The third kappa shape index (κ3) is 3.17. The van der Waals surface area contributed by atoms with Gasteiger partial charge in [-0.3, -0.25) is 9.89 Å². The zero-order valence-electron chi connectivity index (χ0n) is 11.7. The summed E-state index contributed by atoms with van der Waals surface area (Å²) < 4.78 is 0.704. The zero-order valence-corrected chi connectivity index (χ0v) is 14.0. The monoisotopic (exact) mass is 394 g/mol. The van der Waals surface area contributed by atoms with Gasteiger partial charge in [-0.15, -0.1) is 0 Å². The van der Waals surface area contributed by atoms with Crippen LogP contribution in [0.25, 0.3) is 10.9 Å². The average Bonchev–Trinajstić information content (AvgIpc) is 2.89. The maximum Gasteiger partial charge on any atom is 0.257 e. The SMILES string of the molecule is Nc1n[nH]c2c(Br)cc(NC(=O)C(O)c3ccc(Cl)cc3)cc12. The molecule has 0 aliphatic rings. The average molecular weight is 396 g/mol. The van der Waals surface area contributed by atoms with Gasteiger partial charge in [-0.1, -0.05) is 23.7 Å². The Morgan fingerprint density at radius 2 is 2.04 bits per heavy atom. The minimum atomic E-state index is -1.30. The van der Waals surface area contributed by atoms with E-state index in [1.165, 1.54) is 0 Å². The number of aliphatic hydroxyl groups is 1. The van der Waals surface area contributed by atoms with Crippen LogP contribution in [0.1, 0.15) is 11.7 Å². The highest BCUT2D eigenvalue weighted by Gasteiger charge is 2.18. The molecule has 8 heteroatoms. The van der Waals surface area contributed by atoms with E-state index in [1.54, 1.807) is 36.4 Å². The number of fused-ring (bicyclic) bond motifs is 1. The van der Waals surface area contributed by atoms with Gasteiger partial charge in [0.25, 0.3) is 5.91 Å². The number of halogens is 2. The minimum absolute atomic E-state index is 0.329. The number of anilines is 2. The molecule has 0 aliphatic heterocycles. The molecular weight excluding hydrogens is 384 g/mol. The van der Waals surface area contributed by atoms with Gasteiger partial charge in [0.2, 0.25) is 0 Å². The van der Waals surface area contributed by atoms with Gasteiger partial charge in [-0.25, -0.2) is 0 Å². The number of carbonyl (C=O) groups excluding carboxylic acids is 1. The van der Waals surface area contributed by atoms with Crippen molar-refractivity contribution in [1.29, 1.82) is 0 Å². The number of H-pyrrole nitrogens is 1. The van der Waals surface area contributed by atoms with Crippen molar-refractivity contribution in [2.45, 2.75) is 6.10 Å². The van der Waals surface area contributed by atoms with Crippen LogP contribution in [0.5, 0.6) is 0 Å². The lowest BCUT2D eigenvalue weighted by Crippen LogP contribution is -2.20. The molecule has 0 aliphatic carbocycles. The van der Waals surface area contributed by atoms with Gasteiger partial charge in [0.15, 0.2) is 11.9 Å². The van der Waals surface area contributed by atoms with E-state index in [9.17, 15) is 9.90 Å². The largest absolute Gasteiger partial charge is 0.382 e. The smallest absolute Gasteiger partial charge is 0.257 e. The molecule has 23 heavy (non-hydrogen) atoms. The van der Waals surface area contributed by atoms with Crippen LogP contribution in [-0.2, 0) is 4.79 Å². The first-order valence-electron chi connectivity index (χ1n) is 6.63. The van der Waals surface area contributed by atoms with E-state index in [4.69, 9.17) is 17.3 Å². The number of benzene rings is 2. The molecule has 1 heterocycles. The van der Waals surface area contributed by atoms with E-state index < -0.39 is 12.0 Å². The van der Waals surface area contributed by atoms with Gasteiger partial charge in [-0.05, 0) is 45.8 Å². The molecule has 0 spiro atoms. The lowest BCUT2D eigenvalue weighted by atomic mass is 10.1. The normalized spacial score (nSPS) is 12.3. The Hall–Kier alpha value is -2.09. The summed E-state index contributed by atoms with van der Waals surface area (Å²) in [4.78, 5) is 12.2. The fourth-order valence-electron chi connectivity index (χ4n) is 2.18. The quantitative estimate of drug-likeness (QED) is 0.546. The van der Waals surface area contributed by atoms with Gasteiger partial charge >= 0.3 is 0 Å². The van der Waals surface area contributed by atoms with Crippen molar-refractivity contribution in [3.63, 3.8) is 0 Å². The number of nitrogens with two attached hydrogens (primary N) is 1. The van der Waals surface area contributed by atoms with Crippen LogP contribution in [0.3, 0.4) is 0 Å². The number of aliphatic hydroxyl groups excluding tert-OH is 1. The summed E-state index contributed by atoms with van der Waals surface area (Å²) in [5.74, 6) is -0.226. The number of aromatic amines is 1. The van der Waals surface area contributed by atoms with Crippen LogP contribution in [0.2, 0.25) is 5.02 Å². The molecule has 118 valence electrons. The van der Waals surface area contributed by atoms with Crippen LogP contribution in [0, 0.1) is 0 Å². The number of hydrogen-bond acceptors (Lipinski definition) is 4. The van der Waals surface area contributed by atoms with Crippen LogP contribution in [0.4, 0.5) is 11.5 Å². The van der Waals surface area contributed by atoms with E-state index in [0.29, 0.717) is 32.0 Å². The standard InChI is InChI=1S/C15H12BrClN4O2/c16-11-6-9(5-10-12(11)20-21-14(10)18)19-15(23)13(22)7-1-3-8(17)4-2-7/h1-6,13,22H,(H,19,23)(H3,18,20,21). The van der Waals surface area contributed by atoms with Crippen LogP contribution < -0.4 is 11.1 Å². The molecule has 1 unspecified atom stereocenters. The fourth-order valence-corrected chi connectivity index (χ4v) is 2.85. The Bertz CT molecular complexity index is 879. The van der Waals surface area contributed by atoms with Crippen molar-refractivity contribution in [3.05, 3.63) is 51.5 Å². The second-order valence-corrected chi connectivity index (χ2v) is 6.22. The molecule has 1 amide bonds. The van der Waals surface area contributed by atoms with Crippen molar-refractivity contribution in [2.75, 3.05) is 11.1 Å². The number of rotatable bonds is 3. The molecule has 0 radical (unpaired) electrons. The Morgan fingerprint density at radius 1 is 1.35 bits per heavy atom. The maximum atomic E-state index is 12.2. The molecule has 0 saturated heterocycles. The van der Waals surface area contributed by atoms with Crippen molar-refractivity contribution in [3.8, 4) is 0 Å². The second-order valence-electron chi connectivity index (χ2n) is 4.93. The summed E-state index contributed by atoms with van der Waals surface area (Å²) in [6.45, 7) is 0. The molecule has 0 fully saturated rings. The summed E-state index contributed by atoms with van der Waals surface area (Å²) in [7, 11) is 0. The number of nitrogens with zero attached hydrogens (tertiary/aromatic N) is 1. The Kier molecular flexibility index (Phi) is 4.25.